The largest absolute Gasteiger partial charge is 0.344 e. The molecule has 11 heavy (non-hydrogen) atoms. The van der Waals surface area contributed by atoms with E-state index in [9.17, 15) is 0 Å². The van der Waals surface area contributed by atoms with Gasteiger partial charge in [-0.15, -0.1) is 0 Å². The van der Waals surface area contributed by atoms with E-state index in [1.165, 1.54) is 0 Å². The molecule has 1 aromatic heterocycles. The van der Waals surface area contributed by atoms with Crippen LogP contribution in [0.3, 0.4) is 0 Å². The van der Waals surface area contributed by atoms with Gasteiger partial charge in [0, 0.05) is 17.3 Å². The van der Waals surface area contributed by atoms with E-state index in [2.05, 4.69) is 31.8 Å². The van der Waals surface area contributed by atoms with Crippen molar-refractivity contribution >= 4 is 0 Å². The van der Waals surface area contributed by atoms with Crippen molar-refractivity contribution in [2.24, 2.45) is 0 Å². The molecule has 2 nitrogen and oxygen atoms in total. The maximum atomic E-state index is 4.25. The lowest BCUT2D eigenvalue weighted by atomic mass is 9.92. The molecule has 0 atom stereocenters. The highest BCUT2D eigenvalue weighted by molar-refractivity contribution is 5.12. The Bertz CT molecular complexity index is 199. The van der Waals surface area contributed by atoms with Gasteiger partial charge in [-0.3, -0.25) is 4.98 Å². The summed E-state index contributed by atoms with van der Waals surface area (Å²) in [5.74, 6) is 0. The Labute approximate surface area is 68.2 Å². The van der Waals surface area contributed by atoms with Crippen LogP contribution >= 0.6 is 0 Å². The summed E-state index contributed by atoms with van der Waals surface area (Å²) in [7, 11) is 0. The van der Waals surface area contributed by atoms with Crippen LogP contribution in [0.2, 0.25) is 0 Å². The van der Waals surface area contributed by atoms with Gasteiger partial charge in [0.2, 0.25) is 0 Å². The fourth-order valence-corrected chi connectivity index (χ4v) is 0.806. The predicted molar refractivity (Wildman–Crippen MR) is 48.0 cm³/mol. The number of nitrogens with zero attached hydrogens (tertiary/aromatic N) is 1. The van der Waals surface area contributed by atoms with Gasteiger partial charge in [-0.2, -0.15) is 0 Å². The first-order valence-electron chi connectivity index (χ1n) is 3.52. The molecule has 0 saturated heterocycles. The van der Waals surface area contributed by atoms with E-state index >= 15 is 0 Å². The van der Waals surface area contributed by atoms with Crippen molar-refractivity contribution < 1.29 is 0 Å². The fourth-order valence-electron chi connectivity index (χ4n) is 0.806. The number of hydrogen-bond donors (Lipinski definition) is 1. The standard InChI is InChI=1S/C9H13N.H3N/c1-9(2,3)8-6-4-5-7-10-8;/h4-7H,1-3H3;1H3. The van der Waals surface area contributed by atoms with Crippen molar-refractivity contribution in [1.29, 1.82) is 0 Å². The first-order chi connectivity index (χ1) is 4.61. The molecule has 0 aromatic carbocycles. The van der Waals surface area contributed by atoms with Gasteiger partial charge in [-0.1, -0.05) is 26.8 Å². The van der Waals surface area contributed by atoms with E-state index in [4.69, 9.17) is 0 Å². The molecular weight excluding hydrogens is 136 g/mol. The highest BCUT2D eigenvalue weighted by Gasteiger charge is 2.13. The summed E-state index contributed by atoms with van der Waals surface area (Å²) >= 11 is 0. The zero-order chi connectivity index (χ0) is 7.61. The van der Waals surface area contributed by atoms with Crippen LogP contribution in [0.25, 0.3) is 0 Å². The van der Waals surface area contributed by atoms with Crippen LogP contribution in [0.5, 0.6) is 0 Å². The molecule has 0 aliphatic rings. The normalized spacial score (nSPS) is 10.5. The second-order valence-electron chi connectivity index (χ2n) is 3.46. The Morgan fingerprint density at radius 2 is 1.82 bits per heavy atom. The minimum Gasteiger partial charge on any atom is -0.344 e. The third-order valence-electron chi connectivity index (χ3n) is 1.43. The zero-order valence-electron chi connectivity index (χ0n) is 7.46. The Balaban J connectivity index is 0.000001000. The third kappa shape index (κ3) is 2.68. The molecule has 1 rings (SSSR count). The number of pyridine rings is 1. The van der Waals surface area contributed by atoms with Gasteiger partial charge >= 0.3 is 0 Å². The second-order valence-corrected chi connectivity index (χ2v) is 3.46. The number of rotatable bonds is 0. The lowest BCUT2D eigenvalue weighted by Crippen LogP contribution is -2.12. The van der Waals surface area contributed by atoms with Crippen LogP contribution < -0.4 is 6.15 Å². The monoisotopic (exact) mass is 152 g/mol. The van der Waals surface area contributed by atoms with Gasteiger partial charge in [0.25, 0.3) is 0 Å². The Morgan fingerprint density at radius 1 is 1.18 bits per heavy atom. The van der Waals surface area contributed by atoms with E-state index in [1.807, 2.05) is 18.3 Å². The molecule has 0 saturated carbocycles. The lowest BCUT2D eigenvalue weighted by Gasteiger charge is -2.16. The molecule has 0 aliphatic heterocycles. The van der Waals surface area contributed by atoms with E-state index in [0.29, 0.717) is 0 Å². The second kappa shape index (κ2) is 3.49. The first kappa shape index (κ1) is 10.1. The number of hydrogen-bond acceptors (Lipinski definition) is 2. The van der Waals surface area contributed by atoms with Gasteiger partial charge in [0.15, 0.2) is 0 Å². The summed E-state index contributed by atoms with van der Waals surface area (Å²) in [6.07, 6.45) is 1.83. The number of aromatic nitrogens is 1. The molecule has 2 heteroatoms. The average Bonchev–Trinajstić information content (AvgIpc) is 1.88. The first-order valence-corrected chi connectivity index (χ1v) is 3.52. The molecule has 0 aliphatic carbocycles. The molecule has 0 spiro atoms. The van der Waals surface area contributed by atoms with Crippen LogP contribution in [-0.4, -0.2) is 4.98 Å². The smallest absolute Gasteiger partial charge is 0.0457 e. The van der Waals surface area contributed by atoms with Crippen LogP contribution in [0.4, 0.5) is 0 Å². The van der Waals surface area contributed by atoms with Gasteiger partial charge < -0.3 is 6.15 Å². The summed E-state index contributed by atoms with van der Waals surface area (Å²) in [5, 5.41) is 0. The Kier molecular flexibility index (Phi) is 3.20. The Hall–Kier alpha value is -0.890. The minimum absolute atomic E-state index is 0. The summed E-state index contributed by atoms with van der Waals surface area (Å²) < 4.78 is 0. The molecule has 1 aromatic rings. The average molecular weight is 152 g/mol. The lowest BCUT2D eigenvalue weighted by molar-refractivity contribution is 0.569. The predicted octanol–water partition coefficient (Wildman–Crippen LogP) is 2.54. The van der Waals surface area contributed by atoms with Gasteiger partial charge in [0.05, 0.1) is 0 Å². The Morgan fingerprint density at radius 3 is 2.09 bits per heavy atom. The van der Waals surface area contributed by atoms with E-state index < -0.39 is 0 Å². The third-order valence-corrected chi connectivity index (χ3v) is 1.43. The van der Waals surface area contributed by atoms with Gasteiger partial charge in [0.1, 0.15) is 0 Å². The SMILES string of the molecule is CC(C)(C)c1ccccn1.N. The summed E-state index contributed by atoms with van der Waals surface area (Å²) in [4.78, 5) is 4.25. The van der Waals surface area contributed by atoms with Crippen molar-refractivity contribution in [2.45, 2.75) is 26.2 Å². The fraction of sp³-hybridized carbons (Fsp3) is 0.444. The summed E-state index contributed by atoms with van der Waals surface area (Å²) in [6.45, 7) is 6.49. The molecular formula is C9H16N2. The highest BCUT2D eigenvalue weighted by Crippen LogP contribution is 2.18. The molecule has 1 heterocycles. The molecule has 0 fully saturated rings. The van der Waals surface area contributed by atoms with Crippen LogP contribution in [-0.2, 0) is 5.41 Å². The van der Waals surface area contributed by atoms with Gasteiger partial charge in [-0.25, -0.2) is 0 Å². The molecule has 3 N–H and O–H groups in total. The van der Waals surface area contributed by atoms with Crippen LogP contribution in [0, 0.1) is 0 Å². The topological polar surface area (TPSA) is 47.9 Å². The van der Waals surface area contributed by atoms with Gasteiger partial charge in [-0.05, 0) is 12.1 Å². The maximum Gasteiger partial charge on any atom is 0.0457 e. The molecule has 0 radical (unpaired) electrons. The van der Waals surface area contributed by atoms with Crippen molar-refractivity contribution in [3.05, 3.63) is 30.1 Å². The molecule has 62 valence electrons. The van der Waals surface area contributed by atoms with Crippen molar-refractivity contribution in [3.8, 4) is 0 Å². The molecule has 0 unspecified atom stereocenters. The highest BCUT2D eigenvalue weighted by atomic mass is 14.7. The van der Waals surface area contributed by atoms with Crippen LogP contribution in [0.15, 0.2) is 24.4 Å². The molecule has 0 bridgehead atoms. The maximum absolute atomic E-state index is 4.25. The minimum atomic E-state index is 0. The summed E-state index contributed by atoms with van der Waals surface area (Å²) in [6, 6.07) is 6.02. The van der Waals surface area contributed by atoms with Crippen LogP contribution in [0.1, 0.15) is 26.5 Å². The van der Waals surface area contributed by atoms with Crippen molar-refractivity contribution in [3.63, 3.8) is 0 Å². The van der Waals surface area contributed by atoms with Crippen molar-refractivity contribution in [2.75, 3.05) is 0 Å². The summed E-state index contributed by atoms with van der Waals surface area (Å²) in [5.41, 5.74) is 1.33. The quantitative estimate of drug-likeness (QED) is 0.621. The molecule has 0 amide bonds. The van der Waals surface area contributed by atoms with E-state index in [0.717, 1.165) is 5.69 Å². The van der Waals surface area contributed by atoms with Crippen molar-refractivity contribution in [1.82, 2.24) is 11.1 Å². The van der Waals surface area contributed by atoms with E-state index in [-0.39, 0.29) is 11.6 Å². The zero-order valence-corrected chi connectivity index (χ0v) is 7.46. The van der Waals surface area contributed by atoms with E-state index in [1.54, 1.807) is 0 Å².